The molecule has 3 rings (SSSR count). The topological polar surface area (TPSA) is 100 Å². The molecule has 0 atom stereocenters. The van der Waals surface area contributed by atoms with Gasteiger partial charge in [-0.15, -0.1) is 0 Å². The molecule has 0 saturated heterocycles. The van der Waals surface area contributed by atoms with Crippen LogP contribution in [0.5, 0.6) is 0 Å². The van der Waals surface area contributed by atoms with Crippen molar-refractivity contribution < 1.29 is 18.7 Å². The van der Waals surface area contributed by atoms with Crippen LogP contribution in [0.25, 0.3) is 11.3 Å². The summed E-state index contributed by atoms with van der Waals surface area (Å²) >= 11 is 0. The van der Waals surface area contributed by atoms with Gasteiger partial charge >= 0.3 is 5.97 Å². The van der Waals surface area contributed by atoms with E-state index in [1.807, 2.05) is 0 Å². The predicted molar refractivity (Wildman–Crippen MR) is 91.0 cm³/mol. The molecule has 0 spiro atoms. The number of nitrogens with zero attached hydrogens (tertiary/aromatic N) is 3. The van der Waals surface area contributed by atoms with E-state index in [0.717, 1.165) is 12.1 Å². The monoisotopic (exact) mass is 357 g/mol. The molecule has 3 N–H and O–H groups in total. The van der Waals surface area contributed by atoms with Gasteiger partial charge in [-0.1, -0.05) is 0 Å². The van der Waals surface area contributed by atoms with E-state index in [1.165, 1.54) is 6.07 Å². The molecule has 9 heteroatoms. The molecule has 0 fully saturated rings. The standard InChI is InChI=1S/C17H13F2N5O2/c18-12-4-3-11(6-13(12)19)22-15-7-14(10-2-1-5-20-8-10)23-17(24-15)21-9-16(25)26/h1-8H,9H2,(H,25,26)(H2,21,22,23,24). The molecule has 0 aliphatic rings. The number of anilines is 3. The summed E-state index contributed by atoms with van der Waals surface area (Å²) in [6.07, 6.45) is 3.19. The van der Waals surface area contributed by atoms with E-state index >= 15 is 0 Å². The molecular formula is C17H13F2N5O2. The number of hydrogen-bond donors (Lipinski definition) is 3. The molecule has 0 saturated carbocycles. The van der Waals surface area contributed by atoms with E-state index < -0.39 is 17.6 Å². The zero-order valence-corrected chi connectivity index (χ0v) is 13.3. The van der Waals surface area contributed by atoms with Gasteiger partial charge in [0.15, 0.2) is 11.6 Å². The maximum Gasteiger partial charge on any atom is 0.322 e. The number of aromatic nitrogens is 3. The Hall–Kier alpha value is -3.62. The summed E-state index contributed by atoms with van der Waals surface area (Å²) in [6.45, 7) is -0.374. The average Bonchev–Trinajstić information content (AvgIpc) is 2.64. The van der Waals surface area contributed by atoms with E-state index in [1.54, 1.807) is 30.6 Å². The van der Waals surface area contributed by atoms with Crippen LogP contribution in [0.3, 0.4) is 0 Å². The molecule has 0 bridgehead atoms. The number of pyridine rings is 1. The summed E-state index contributed by atoms with van der Waals surface area (Å²) < 4.78 is 26.4. The van der Waals surface area contributed by atoms with Crippen LogP contribution in [-0.4, -0.2) is 32.6 Å². The highest BCUT2D eigenvalue weighted by molar-refractivity contribution is 5.73. The first-order chi connectivity index (χ1) is 12.5. The summed E-state index contributed by atoms with van der Waals surface area (Å²) in [6, 6.07) is 8.43. The Balaban J connectivity index is 1.95. The van der Waals surface area contributed by atoms with Crippen molar-refractivity contribution in [2.24, 2.45) is 0 Å². The molecule has 0 aliphatic carbocycles. The number of nitrogens with one attached hydrogen (secondary N) is 2. The Bertz CT molecular complexity index is 938. The normalized spacial score (nSPS) is 10.4. The van der Waals surface area contributed by atoms with Crippen LogP contribution < -0.4 is 10.6 Å². The van der Waals surface area contributed by atoms with Crippen LogP contribution in [0.15, 0.2) is 48.8 Å². The molecule has 0 radical (unpaired) electrons. The maximum absolute atomic E-state index is 13.4. The van der Waals surface area contributed by atoms with Gasteiger partial charge < -0.3 is 15.7 Å². The molecule has 2 aromatic heterocycles. The maximum atomic E-state index is 13.4. The first-order valence-corrected chi connectivity index (χ1v) is 7.48. The zero-order chi connectivity index (χ0) is 18.5. The third-order valence-electron chi connectivity index (χ3n) is 3.27. The minimum Gasteiger partial charge on any atom is -0.480 e. The lowest BCUT2D eigenvalue weighted by atomic mass is 10.2. The predicted octanol–water partition coefficient (Wildman–Crippen LogP) is 3.06. The molecule has 3 aromatic rings. The van der Waals surface area contributed by atoms with Gasteiger partial charge in [-0.05, 0) is 24.3 Å². The van der Waals surface area contributed by atoms with E-state index in [-0.39, 0.29) is 24.0 Å². The van der Waals surface area contributed by atoms with Crippen LogP contribution in [0.4, 0.5) is 26.2 Å². The summed E-state index contributed by atoms with van der Waals surface area (Å²) in [5, 5.41) is 14.2. The lowest BCUT2D eigenvalue weighted by Gasteiger charge is -2.11. The number of rotatable bonds is 6. The number of carbonyl (C=O) groups is 1. The molecule has 0 amide bonds. The number of aliphatic carboxylic acids is 1. The molecule has 26 heavy (non-hydrogen) atoms. The molecular weight excluding hydrogens is 344 g/mol. The molecule has 132 valence electrons. The van der Waals surface area contributed by atoms with Crippen LogP contribution >= 0.6 is 0 Å². The molecule has 7 nitrogen and oxygen atoms in total. The number of carboxylic acids is 1. The number of hydrogen-bond acceptors (Lipinski definition) is 6. The minimum absolute atomic E-state index is 0.0684. The highest BCUT2D eigenvalue weighted by atomic mass is 19.2. The summed E-state index contributed by atoms with van der Waals surface area (Å²) in [5.41, 5.74) is 1.44. The lowest BCUT2D eigenvalue weighted by molar-refractivity contribution is -0.134. The Morgan fingerprint density at radius 2 is 1.96 bits per heavy atom. The van der Waals surface area contributed by atoms with Crippen molar-refractivity contribution in [1.82, 2.24) is 15.0 Å². The first kappa shape index (κ1) is 17.2. The third-order valence-corrected chi connectivity index (χ3v) is 3.27. The highest BCUT2D eigenvalue weighted by Crippen LogP contribution is 2.23. The van der Waals surface area contributed by atoms with Crippen LogP contribution in [0.1, 0.15) is 0 Å². The summed E-state index contributed by atoms with van der Waals surface area (Å²) in [7, 11) is 0. The quantitative estimate of drug-likeness (QED) is 0.623. The average molecular weight is 357 g/mol. The second-order valence-corrected chi connectivity index (χ2v) is 5.20. The van der Waals surface area contributed by atoms with E-state index in [9.17, 15) is 13.6 Å². The van der Waals surface area contributed by atoms with E-state index in [0.29, 0.717) is 11.3 Å². The van der Waals surface area contributed by atoms with Crippen molar-refractivity contribution in [3.8, 4) is 11.3 Å². The fraction of sp³-hybridized carbons (Fsp3) is 0.0588. The zero-order valence-electron chi connectivity index (χ0n) is 13.3. The number of carboxylic acid groups (broad SMARTS) is 1. The second kappa shape index (κ2) is 7.51. The van der Waals surface area contributed by atoms with E-state index in [4.69, 9.17) is 5.11 Å². The van der Waals surface area contributed by atoms with Crippen LogP contribution in [0, 0.1) is 11.6 Å². The Kier molecular flexibility index (Phi) is 4.97. The molecule has 0 unspecified atom stereocenters. The third kappa shape index (κ3) is 4.26. The molecule has 0 aliphatic heterocycles. The minimum atomic E-state index is -1.07. The van der Waals surface area contributed by atoms with Crippen molar-refractivity contribution >= 4 is 23.4 Å². The molecule has 2 heterocycles. The van der Waals surface area contributed by atoms with Crippen LogP contribution in [-0.2, 0) is 4.79 Å². The fourth-order valence-corrected chi connectivity index (χ4v) is 2.13. The fourth-order valence-electron chi connectivity index (χ4n) is 2.13. The van der Waals surface area contributed by atoms with Crippen molar-refractivity contribution in [3.05, 3.63) is 60.4 Å². The van der Waals surface area contributed by atoms with Gasteiger partial charge in [-0.2, -0.15) is 4.98 Å². The number of halogens is 2. The largest absolute Gasteiger partial charge is 0.480 e. The smallest absolute Gasteiger partial charge is 0.322 e. The van der Waals surface area contributed by atoms with Gasteiger partial charge in [0.2, 0.25) is 5.95 Å². The summed E-state index contributed by atoms with van der Waals surface area (Å²) in [4.78, 5) is 23.2. The van der Waals surface area contributed by atoms with Crippen molar-refractivity contribution in [1.29, 1.82) is 0 Å². The Morgan fingerprint density at radius 3 is 2.65 bits per heavy atom. The SMILES string of the molecule is O=C(O)CNc1nc(Nc2ccc(F)c(F)c2)cc(-c2cccnc2)n1. The Morgan fingerprint density at radius 1 is 1.12 bits per heavy atom. The van der Waals surface area contributed by atoms with Gasteiger partial charge in [-0.3, -0.25) is 9.78 Å². The van der Waals surface area contributed by atoms with Crippen molar-refractivity contribution in [3.63, 3.8) is 0 Å². The van der Waals surface area contributed by atoms with Crippen molar-refractivity contribution in [2.75, 3.05) is 17.2 Å². The van der Waals surface area contributed by atoms with Gasteiger partial charge in [0, 0.05) is 35.8 Å². The van der Waals surface area contributed by atoms with Gasteiger partial charge in [0.25, 0.3) is 0 Å². The van der Waals surface area contributed by atoms with Crippen LogP contribution in [0.2, 0.25) is 0 Å². The first-order valence-electron chi connectivity index (χ1n) is 7.48. The summed E-state index contributed by atoms with van der Waals surface area (Å²) in [5.74, 6) is -2.69. The van der Waals surface area contributed by atoms with Gasteiger partial charge in [0.05, 0.1) is 5.69 Å². The molecule has 1 aromatic carbocycles. The van der Waals surface area contributed by atoms with Gasteiger partial charge in [0.1, 0.15) is 12.4 Å². The Labute approximate surface area is 146 Å². The van der Waals surface area contributed by atoms with Crippen molar-refractivity contribution in [2.45, 2.75) is 0 Å². The number of benzene rings is 1. The lowest BCUT2D eigenvalue weighted by Crippen LogP contribution is -2.15. The second-order valence-electron chi connectivity index (χ2n) is 5.20. The van der Waals surface area contributed by atoms with Gasteiger partial charge in [-0.25, -0.2) is 13.8 Å². The van der Waals surface area contributed by atoms with E-state index in [2.05, 4.69) is 25.6 Å². The highest BCUT2D eigenvalue weighted by Gasteiger charge is 2.10.